The fraction of sp³-hybridized carbons (Fsp3) is 0.774. The maximum atomic E-state index is 12.5. The van der Waals surface area contributed by atoms with Gasteiger partial charge in [0.25, 0.3) is 5.95 Å². The lowest BCUT2D eigenvalue weighted by Gasteiger charge is -2.35. The zero-order valence-electron chi connectivity index (χ0n) is 25.9. The number of esters is 1. The molecule has 10 nitrogen and oxygen atoms in total. The van der Waals surface area contributed by atoms with Gasteiger partial charge in [-0.15, -0.1) is 0 Å². The molecule has 1 atom stereocenters. The van der Waals surface area contributed by atoms with Gasteiger partial charge < -0.3 is 33.2 Å². The lowest BCUT2D eigenvalue weighted by molar-refractivity contribution is -0.0735. The predicted molar refractivity (Wildman–Crippen MR) is 156 cm³/mol. The van der Waals surface area contributed by atoms with Gasteiger partial charge in [-0.2, -0.15) is 0 Å². The van der Waals surface area contributed by atoms with E-state index in [0.29, 0.717) is 19.7 Å². The second-order valence-corrected chi connectivity index (χ2v) is 11.7. The monoisotopic (exact) mass is 580 g/mol. The van der Waals surface area contributed by atoms with E-state index in [9.17, 15) is 14.4 Å². The number of carbonyl (C=O) groups excluding carboxylic acids is 3. The van der Waals surface area contributed by atoms with Crippen molar-refractivity contribution in [3.63, 3.8) is 0 Å². The molecule has 2 rings (SSSR count). The number of hydrogen-bond acceptors (Lipinski definition) is 8. The smallest absolute Gasteiger partial charge is 0.412 e. The minimum Gasteiger partial charge on any atom is -0.465 e. The van der Waals surface area contributed by atoms with E-state index in [1.165, 1.54) is 82.1 Å². The Morgan fingerprint density at radius 1 is 0.780 bits per heavy atom. The number of amides is 2. The van der Waals surface area contributed by atoms with Crippen molar-refractivity contribution in [1.29, 1.82) is 0 Å². The molecule has 0 saturated carbocycles. The number of nitrogens with zero attached hydrogens (tertiary/aromatic N) is 2. The van der Waals surface area contributed by atoms with Gasteiger partial charge in [0.15, 0.2) is 0 Å². The Kier molecular flexibility index (Phi) is 15.5. The number of carbonyl (C=O) groups is 3. The normalized spacial score (nSPS) is 14.5. The summed E-state index contributed by atoms with van der Waals surface area (Å²) in [4.78, 5) is 40.1. The van der Waals surface area contributed by atoms with Crippen molar-refractivity contribution in [1.82, 2.24) is 9.80 Å². The van der Waals surface area contributed by atoms with Crippen LogP contribution in [0, 0.1) is 0 Å². The van der Waals surface area contributed by atoms with Crippen molar-refractivity contribution in [2.75, 3.05) is 32.8 Å². The minimum absolute atomic E-state index is 0.0245. The Morgan fingerprint density at radius 2 is 1.29 bits per heavy atom. The van der Waals surface area contributed by atoms with Crippen LogP contribution >= 0.6 is 0 Å². The number of hydrogen-bond donors (Lipinski definition) is 0. The average molecular weight is 581 g/mol. The molecule has 1 aliphatic rings. The maximum Gasteiger partial charge on any atom is 0.412 e. The van der Waals surface area contributed by atoms with Gasteiger partial charge in [-0.1, -0.05) is 77.6 Å². The first-order chi connectivity index (χ1) is 19.6. The Bertz CT molecular complexity index is 902. The number of unbranched alkanes of at least 4 members (excludes halogenated alkanes) is 11. The van der Waals surface area contributed by atoms with Crippen molar-refractivity contribution in [2.24, 2.45) is 0 Å². The van der Waals surface area contributed by atoms with Crippen molar-refractivity contribution in [3.05, 3.63) is 17.9 Å². The van der Waals surface area contributed by atoms with E-state index in [-0.39, 0.29) is 24.8 Å². The van der Waals surface area contributed by atoms with Gasteiger partial charge in [0.1, 0.15) is 5.60 Å². The number of furan rings is 1. The highest BCUT2D eigenvalue weighted by molar-refractivity contribution is 5.86. The molecule has 1 aromatic heterocycles. The highest BCUT2D eigenvalue weighted by atomic mass is 16.7. The molecule has 234 valence electrons. The van der Waals surface area contributed by atoms with Crippen LogP contribution in [0.2, 0.25) is 0 Å². The molecule has 1 aliphatic heterocycles. The molecule has 2 heterocycles. The van der Waals surface area contributed by atoms with E-state index in [0.717, 1.165) is 12.8 Å². The van der Waals surface area contributed by atoms with Crippen molar-refractivity contribution in [3.8, 4) is 5.95 Å². The number of ether oxygens (including phenoxy) is 4. The third-order valence-electron chi connectivity index (χ3n) is 6.75. The predicted octanol–water partition coefficient (Wildman–Crippen LogP) is 7.55. The third-order valence-corrected chi connectivity index (χ3v) is 6.75. The summed E-state index contributed by atoms with van der Waals surface area (Å²) in [5.41, 5.74) is -0.584. The van der Waals surface area contributed by atoms with Crippen LogP contribution in [0.15, 0.2) is 16.5 Å². The van der Waals surface area contributed by atoms with Crippen LogP contribution in [0.1, 0.15) is 122 Å². The first-order valence-electron chi connectivity index (χ1n) is 15.5. The van der Waals surface area contributed by atoms with Crippen LogP contribution in [-0.2, 0) is 14.2 Å². The molecule has 0 radical (unpaired) electrons. The molecule has 41 heavy (non-hydrogen) atoms. The van der Waals surface area contributed by atoms with Crippen LogP contribution in [-0.4, -0.2) is 72.6 Å². The van der Waals surface area contributed by atoms with Gasteiger partial charge in [-0.25, -0.2) is 14.4 Å². The summed E-state index contributed by atoms with van der Waals surface area (Å²) >= 11 is 0. The molecule has 1 saturated heterocycles. The topological polar surface area (TPSA) is 108 Å². The molecule has 0 aromatic carbocycles. The first kappa shape index (κ1) is 34.3. The largest absolute Gasteiger partial charge is 0.465 e. The summed E-state index contributed by atoms with van der Waals surface area (Å²) < 4.78 is 26.9. The molecule has 10 heteroatoms. The van der Waals surface area contributed by atoms with Crippen molar-refractivity contribution in [2.45, 2.75) is 124 Å². The lowest BCUT2D eigenvalue weighted by Crippen LogP contribution is -2.52. The third kappa shape index (κ3) is 14.5. The zero-order chi connectivity index (χ0) is 30.1. The van der Waals surface area contributed by atoms with Crippen LogP contribution in [0.4, 0.5) is 9.59 Å². The van der Waals surface area contributed by atoms with Crippen LogP contribution in [0.3, 0.4) is 0 Å². The van der Waals surface area contributed by atoms with E-state index in [1.807, 2.05) is 0 Å². The van der Waals surface area contributed by atoms with Gasteiger partial charge in [0.2, 0.25) is 12.1 Å². The fourth-order valence-corrected chi connectivity index (χ4v) is 4.47. The Balaban J connectivity index is 1.55. The molecular formula is C31H52N2O8. The molecule has 0 aliphatic carbocycles. The van der Waals surface area contributed by atoms with Crippen LogP contribution in [0.25, 0.3) is 0 Å². The van der Waals surface area contributed by atoms with E-state index < -0.39 is 30.0 Å². The quantitative estimate of drug-likeness (QED) is 0.106. The summed E-state index contributed by atoms with van der Waals surface area (Å²) in [5.74, 6) is -0.517. The highest BCUT2D eigenvalue weighted by Crippen LogP contribution is 2.19. The molecule has 0 N–H and O–H groups in total. The Labute approximate surface area is 246 Å². The van der Waals surface area contributed by atoms with E-state index in [2.05, 4.69) is 6.92 Å². The second kappa shape index (κ2) is 18.5. The van der Waals surface area contributed by atoms with Crippen LogP contribution < -0.4 is 4.74 Å². The minimum atomic E-state index is -1.12. The van der Waals surface area contributed by atoms with Gasteiger partial charge >= 0.3 is 18.2 Å². The van der Waals surface area contributed by atoms with E-state index in [1.54, 1.807) is 31.7 Å². The molecular weight excluding hydrogens is 528 g/mol. The molecule has 2 amide bonds. The van der Waals surface area contributed by atoms with Crippen molar-refractivity contribution < 1.29 is 37.7 Å². The summed E-state index contributed by atoms with van der Waals surface area (Å²) in [6.07, 6.45) is 13.1. The second-order valence-electron chi connectivity index (χ2n) is 11.7. The SMILES string of the molecule is CCCCCCCCCCCCCCOc1ccc(C(=O)OC(C)OC(=O)N2CCN(C(=O)OC(C)(C)C)CC2)o1. The molecule has 1 unspecified atom stereocenters. The summed E-state index contributed by atoms with van der Waals surface area (Å²) in [7, 11) is 0. The Morgan fingerprint density at radius 3 is 1.83 bits per heavy atom. The van der Waals surface area contributed by atoms with Crippen molar-refractivity contribution >= 4 is 18.2 Å². The molecule has 0 spiro atoms. The highest BCUT2D eigenvalue weighted by Gasteiger charge is 2.29. The number of rotatable bonds is 17. The van der Waals surface area contributed by atoms with Gasteiger partial charge in [0, 0.05) is 39.2 Å². The van der Waals surface area contributed by atoms with E-state index in [4.69, 9.17) is 23.4 Å². The maximum absolute atomic E-state index is 12.5. The fourth-order valence-electron chi connectivity index (χ4n) is 4.47. The van der Waals surface area contributed by atoms with Gasteiger partial charge in [-0.3, -0.25) is 0 Å². The van der Waals surface area contributed by atoms with Crippen LogP contribution in [0.5, 0.6) is 5.95 Å². The summed E-state index contributed by atoms with van der Waals surface area (Å²) in [5, 5.41) is 0. The standard InChI is InChI=1S/C31H52N2O8/c1-6-7-8-9-10-11-12-13-14-15-16-17-24-37-27-19-18-26(40-27)28(34)38-25(2)39-29(35)32-20-22-33(23-21-32)30(36)41-31(3,4)5/h18-19,25H,6-17,20-24H2,1-5H3. The van der Waals surface area contributed by atoms with E-state index >= 15 is 0 Å². The first-order valence-corrected chi connectivity index (χ1v) is 15.5. The average Bonchev–Trinajstić information content (AvgIpc) is 3.39. The molecule has 1 fully saturated rings. The summed E-state index contributed by atoms with van der Waals surface area (Å²) in [6.45, 7) is 10.9. The lowest BCUT2D eigenvalue weighted by atomic mass is 10.1. The summed E-state index contributed by atoms with van der Waals surface area (Å²) in [6, 6.07) is 3.06. The number of piperazine rings is 1. The molecule has 1 aromatic rings. The van der Waals surface area contributed by atoms with Gasteiger partial charge in [0.05, 0.1) is 6.61 Å². The Hall–Kier alpha value is -2.91. The van der Waals surface area contributed by atoms with Gasteiger partial charge in [-0.05, 0) is 33.3 Å². The zero-order valence-corrected chi connectivity index (χ0v) is 25.9. The molecule has 0 bridgehead atoms.